The van der Waals surface area contributed by atoms with E-state index in [2.05, 4.69) is 65.3 Å². The van der Waals surface area contributed by atoms with Crippen molar-refractivity contribution in [1.82, 2.24) is 0 Å². The van der Waals surface area contributed by atoms with Gasteiger partial charge in [0.25, 0.3) is 0 Å². The lowest BCUT2D eigenvalue weighted by Crippen LogP contribution is -1.82. The molecule has 1 aromatic heterocycles. The van der Waals surface area contributed by atoms with Gasteiger partial charge in [-0.1, -0.05) is 31.9 Å². The van der Waals surface area contributed by atoms with E-state index in [1.165, 1.54) is 20.1 Å². The van der Waals surface area contributed by atoms with Crippen molar-refractivity contribution in [1.29, 1.82) is 0 Å². The normalized spacial score (nSPS) is 11.0. The zero-order chi connectivity index (χ0) is 9.42. The van der Waals surface area contributed by atoms with E-state index in [-0.39, 0.29) is 0 Å². The van der Waals surface area contributed by atoms with Crippen LogP contribution in [0.1, 0.15) is 5.56 Å². The summed E-state index contributed by atoms with van der Waals surface area (Å²) in [7, 11) is 0. The zero-order valence-electron chi connectivity index (χ0n) is 6.48. The third-order valence-corrected chi connectivity index (χ3v) is 5.22. The molecule has 0 amide bonds. The Morgan fingerprint density at radius 2 is 2.08 bits per heavy atom. The summed E-state index contributed by atoms with van der Waals surface area (Å²) in [5.41, 5.74) is 1.27. The average Bonchev–Trinajstić information content (AvgIpc) is 2.53. The summed E-state index contributed by atoms with van der Waals surface area (Å²) < 4.78 is 3.67. The van der Waals surface area contributed by atoms with Crippen molar-refractivity contribution in [3.05, 3.63) is 32.0 Å². The Morgan fingerprint density at radius 1 is 1.31 bits per heavy atom. The first-order valence-electron chi connectivity index (χ1n) is 3.64. The summed E-state index contributed by atoms with van der Waals surface area (Å²) in [5.74, 6) is 0. The van der Waals surface area contributed by atoms with Crippen molar-refractivity contribution >= 4 is 69.2 Å². The lowest BCUT2D eigenvalue weighted by molar-refractivity contribution is 1.41. The first-order chi connectivity index (χ1) is 6.24. The highest BCUT2D eigenvalue weighted by atomic mass is 79.9. The van der Waals surface area contributed by atoms with Gasteiger partial charge in [-0.15, -0.1) is 11.3 Å². The number of halogens is 3. The number of thiophene rings is 1. The molecule has 0 aliphatic rings. The van der Waals surface area contributed by atoms with E-state index in [1.54, 1.807) is 11.3 Å². The highest BCUT2D eigenvalue weighted by Gasteiger charge is 2.09. The van der Waals surface area contributed by atoms with Gasteiger partial charge in [0, 0.05) is 19.0 Å². The minimum atomic E-state index is 0.863. The molecule has 0 aliphatic carbocycles. The van der Waals surface area contributed by atoms with Gasteiger partial charge in [0.15, 0.2) is 0 Å². The van der Waals surface area contributed by atoms with Crippen LogP contribution >= 0.6 is 59.1 Å². The summed E-state index contributed by atoms with van der Waals surface area (Å²) in [6.45, 7) is 0. The third kappa shape index (κ3) is 1.74. The highest BCUT2D eigenvalue weighted by Crippen LogP contribution is 2.37. The van der Waals surface area contributed by atoms with Gasteiger partial charge in [-0.2, -0.15) is 0 Å². The second-order valence-electron chi connectivity index (χ2n) is 2.62. The molecule has 0 bridgehead atoms. The number of hydrogen-bond donors (Lipinski definition) is 0. The molecule has 68 valence electrons. The molecular weight excluding hydrogens is 380 g/mol. The van der Waals surface area contributed by atoms with Crippen LogP contribution in [0.2, 0.25) is 0 Å². The molecule has 1 aromatic carbocycles. The van der Waals surface area contributed by atoms with Crippen molar-refractivity contribution in [2.24, 2.45) is 0 Å². The molecule has 0 nitrogen and oxygen atoms in total. The van der Waals surface area contributed by atoms with Crippen molar-refractivity contribution in [3.63, 3.8) is 0 Å². The Bertz CT molecular complexity index is 447. The second kappa shape index (κ2) is 4.01. The van der Waals surface area contributed by atoms with Crippen LogP contribution in [0.15, 0.2) is 26.5 Å². The number of hydrogen-bond acceptors (Lipinski definition) is 1. The Hall–Kier alpha value is 0.620. The standard InChI is InChI=1S/C9H5Br3S/c10-4-6-7(11)3-5-1-2-13-9(5)8(6)12/h1-3H,4H2. The van der Waals surface area contributed by atoms with E-state index in [1.807, 2.05) is 0 Å². The summed E-state index contributed by atoms with van der Waals surface area (Å²) in [6.07, 6.45) is 0. The van der Waals surface area contributed by atoms with E-state index in [0.29, 0.717) is 0 Å². The van der Waals surface area contributed by atoms with E-state index in [9.17, 15) is 0 Å². The molecule has 0 spiro atoms. The van der Waals surface area contributed by atoms with Crippen molar-refractivity contribution in [3.8, 4) is 0 Å². The Labute approximate surface area is 106 Å². The molecule has 0 N–H and O–H groups in total. The zero-order valence-corrected chi connectivity index (χ0v) is 12.1. The molecule has 1 heterocycles. The van der Waals surface area contributed by atoms with Crippen LogP contribution in [0.3, 0.4) is 0 Å². The Balaban J connectivity index is 2.85. The van der Waals surface area contributed by atoms with Crippen molar-refractivity contribution < 1.29 is 0 Å². The van der Waals surface area contributed by atoms with Crippen LogP contribution in [0.25, 0.3) is 10.1 Å². The summed E-state index contributed by atoms with van der Waals surface area (Å²) >= 11 is 12.4. The van der Waals surface area contributed by atoms with Gasteiger partial charge >= 0.3 is 0 Å². The Morgan fingerprint density at radius 3 is 2.77 bits per heavy atom. The van der Waals surface area contributed by atoms with Gasteiger partial charge in [0.05, 0.1) is 0 Å². The first-order valence-corrected chi connectivity index (χ1v) is 7.23. The van der Waals surface area contributed by atoms with Crippen LogP contribution < -0.4 is 0 Å². The maximum Gasteiger partial charge on any atom is 0.0488 e. The van der Waals surface area contributed by atoms with Gasteiger partial charge < -0.3 is 0 Å². The molecule has 0 atom stereocenters. The molecule has 2 aromatic rings. The smallest absolute Gasteiger partial charge is 0.0488 e. The predicted molar refractivity (Wildman–Crippen MR) is 69.9 cm³/mol. The molecule has 4 heteroatoms. The van der Waals surface area contributed by atoms with Crippen LogP contribution in [0, 0.1) is 0 Å². The van der Waals surface area contributed by atoms with Gasteiger partial charge in [-0.25, -0.2) is 0 Å². The van der Waals surface area contributed by atoms with Gasteiger partial charge in [-0.3, -0.25) is 0 Å². The fourth-order valence-electron chi connectivity index (χ4n) is 1.20. The monoisotopic (exact) mass is 382 g/mol. The molecule has 0 radical (unpaired) electrons. The lowest BCUT2D eigenvalue weighted by Gasteiger charge is -2.04. The molecule has 0 unspecified atom stereocenters. The van der Waals surface area contributed by atoms with Crippen molar-refractivity contribution in [2.45, 2.75) is 5.33 Å². The largest absolute Gasteiger partial charge is 0.143 e. The molecule has 0 saturated heterocycles. The van der Waals surface area contributed by atoms with Crippen LogP contribution in [0.5, 0.6) is 0 Å². The molecule has 2 rings (SSSR count). The van der Waals surface area contributed by atoms with Gasteiger partial charge in [0.1, 0.15) is 0 Å². The average molecular weight is 385 g/mol. The number of rotatable bonds is 1. The fourth-order valence-corrected chi connectivity index (χ4v) is 5.09. The van der Waals surface area contributed by atoms with Crippen LogP contribution in [0.4, 0.5) is 0 Å². The predicted octanol–water partition coefficient (Wildman–Crippen LogP) is 5.32. The van der Waals surface area contributed by atoms with Crippen LogP contribution in [-0.4, -0.2) is 0 Å². The second-order valence-corrected chi connectivity index (χ2v) is 5.75. The summed E-state index contributed by atoms with van der Waals surface area (Å²) in [6, 6.07) is 4.29. The summed E-state index contributed by atoms with van der Waals surface area (Å²) in [4.78, 5) is 0. The fraction of sp³-hybridized carbons (Fsp3) is 0.111. The number of alkyl halides is 1. The molecule has 0 saturated carbocycles. The Kier molecular flexibility index (Phi) is 3.13. The minimum absolute atomic E-state index is 0.863. The lowest BCUT2D eigenvalue weighted by atomic mass is 10.2. The van der Waals surface area contributed by atoms with Gasteiger partial charge in [-0.05, 0) is 44.4 Å². The maximum absolute atomic E-state index is 3.62. The number of fused-ring (bicyclic) bond motifs is 1. The maximum atomic E-state index is 3.62. The third-order valence-electron chi connectivity index (χ3n) is 1.86. The molecule has 0 aliphatic heterocycles. The van der Waals surface area contributed by atoms with E-state index in [4.69, 9.17) is 0 Å². The highest BCUT2D eigenvalue weighted by molar-refractivity contribution is 9.11. The first kappa shape index (κ1) is 10.1. The molecule has 0 fully saturated rings. The van der Waals surface area contributed by atoms with E-state index < -0.39 is 0 Å². The molecular formula is C9H5Br3S. The van der Waals surface area contributed by atoms with E-state index >= 15 is 0 Å². The SMILES string of the molecule is BrCc1c(Br)cc2ccsc2c1Br. The summed E-state index contributed by atoms with van der Waals surface area (Å²) in [5, 5.41) is 4.26. The van der Waals surface area contributed by atoms with Crippen molar-refractivity contribution in [2.75, 3.05) is 0 Å². The van der Waals surface area contributed by atoms with Crippen LogP contribution in [-0.2, 0) is 5.33 Å². The number of benzene rings is 1. The quantitative estimate of drug-likeness (QED) is 0.583. The minimum Gasteiger partial charge on any atom is -0.143 e. The van der Waals surface area contributed by atoms with Gasteiger partial charge in [0.2, 0.25) is 0 Å². The van der Waals surface area contributed by atoms with E-state index in [0.717, 1.165) is 9.80 Å². The molecule has 13 heavy (non-hydrogen) atoms. The topological polar surface area (TPSA) is 0 Å².